The van der Waals surface area contributed by atoms with Crippen LogP contribution >= 0.6 is 0 Å². The molecule has 0 spiro atoms. The average Bonchev–Trinajstić information content (AvgIpc) is 2.90. The Bertz CT molecular complexity index is 823. The Labute approximate surface area is 196 Å². The van der Waals surface area contributed by atoms with Crippen LogP contribution in [0.15, 0.2) is 48.1 Å². The Hall–Kier alpha value is -1.58. The van der Waals surface area contributed by atoms with Crippen LogP contribution in [0.1, 0.15) is 59.3 Å². The van der Waals surface area contributed by atoms with Gasteiger partial charge in [0.15, 0.2) is 0 Å². The van der Waals surface area contributed by atoms with Crippen LogP contribution in [0.3, 0.4) is 0 Å². The van der Waals surface area contributed by atoms with E-state index in [9.17, 15) is 41.7 Å². The van der Waals surface area contributed by atoms with Gasteiger partial charge in [-0.25, -0.2) is 0 Å². The third kappa shape index (κ3) is 5.62. The highest BCUT2D eigenvalue weighted by molar-refractivity contribution is 5.37. The molecule has 0 aromatic carbocycles. The highest BCUT2D eigenvalue weighted by Gasteiger charge is 2.69. The number of alkyl halides is 6. The van der Waals surface area contributed by atoms with E-state index >= 15 is 0 Å². The third-order valence-corrected chi connectivity index (χ3v) is 7.88. The summed E-state index contributed by atoms with van der Waals surface area (Å²) in [7, 11) is 0. The third-order valence-electron chi connectivity index (χ3n) is 7.88. The van der Waals surface area contributed by atoms with Gasteiger partial charge in [0.25, 0.3) is 5.60 Å². The monoisotopic (exact) mass is 496 g/mol. The summed E-state index contributed by atoms with van der Waals surface area (Å²) in [5.41, 5.74) is -4.20. The van der Waals surface area contributed by atoms with E-state index in [0.717, 1.165) is 12.0 Å². The van der Waals surface area contributed by atoms with Gasteiger partial charge in [0.1, 0.15) is 0 Å². The molecule has 34 heavy (non-hydrogen) atoms. The molecule has 0 radical (unpaired) electrons. The van der Waals surface area contributed by atoms with Gasteiger partial charge in [-0.15, -0.1) is 0 Å². The van der Waals surface area contributed by atoms with Crippen LogP contribution in [0.5, 0.6) is 0 Å². The molecule has 0 unspecified atom stereocenters. The summed E-state index contributed by atoms with van der Waals surface area (Å²) in [6, 6.07) is 0. The predicted octanol–water partition coefficient (Wildman–Crippen LogP) is 6.18. The number of halogens is 6. The van der Waals surface area contributed by atoms with Crippen molar-refractivity contribution in [3.8, 4) is 0 Å². The average molecular weight is 497 g/mol. The lowest BCUT2D eigenvalue weighted by Crippen LogP contribution is -2.56. The molecule has 3 N–H and O–H groups in total. The molecule has 2 saturated carbocycles. The van der Waals surface area contributed by atoms with E-state index in [1.807, 2.05) is 39.0 Å². The second-order valence-corrected chi connectivity index (χ2v) is 10.3. The summed E-state index contributed by atoms with van der Waals surface area (Å²) in [5, 5.41) is 29.1. The minimum atomic E-state index is -5.81. The van der Waals surface area contributed by atoms with Crippen molar-refractivity contribution in [1.82, 2.24) is 0 Å². The van der Waals surface area contributed by atoms with E-state index in [4.69, 9.17) is 0 Å². The topological polar surface area (TPSA) is 60.7 Å². The first kappa shape index (κ1) is 28.7. The van der Waals surface area contributed by atoms with Gasteiger partial charge in [0.2, 0.25) is 0 Å². The zero-order chi connectivity index (χ0) is 26.2. The molecule has 2 fully saturated rings. The molecule has 2 aliphatic carbocycles. The smallest absolute Gasteiger partial charge is 0.393 e. The Kier molecular flexibility index (Phi) is 8.27. The molecule has 0 aromatic rings. The summed E-state index contributed by atoms with van der Waals surface area (Å²) < 4.78 is 77.2. The van der Waals surface area contributed by atoms with E-state index in [1.54, 1.807) is 6.08 Å². The molecule has 2 aliphatic rings. The van der Waals surface area contributed by atoms with E-state index in [0.29, 0.717) is 18.4 Å². The fourth-order valence-electron chi connectivity index (χ4n) is 4.84. The first-order valence-electron chi connectivity index (χ1n) is 11.3. The molecule has 0 saturated heterocycles. The van der Waals surface area contributed by atoms with Crippen molar-refractivity contribution in [2.45, 2.75) is 89.5 Å². The zero-order valence-corrected chi connectivity index (χ0v) is 19.7. The number of hydrogen-bond acceptors (Lipinski definition) is 3. The van der Waals surface area contributed by atoms with Crippen molar-refractivity contribution in [1.29, 1.82) is 0 Å². The van der Waals surface area contributed by atoms with Crippen molar-refractivity contribution in [3.63, 3.8) is 0 Å². The molecular formula is C25H34F6O3. The molecular weight excluding hydrogens is 462 g/mol. The van der Waals surface area contributed by atoms with Crippen LogP contribution < -0.4 is 0 Å². The number of rotatable bonds is 6. The molecule has 0 aromatic heterocycles. The van der Waals surface area contributed by atoms with Crippen LogP contribution in [-0.2, 0) is 0 Å². The van der Waals surface area contributed by atoms with E-state index in [1.165, 1.54) is 6.08 Å². The van der Waals surface area contributed by atoms with Gasteiger partial charge in [0, 0.05) is 6.42 Å². The highest BCUT2D eigenvalue weighted by Crippen LogP contribution is 2.57. The fourth-order valence-corrected chi connectivity index (χ4v) is 4.84. The van der Waals surface area contributed by atoms with Crippen LogP contribution in [0.25, 0.3) is 0 Å². The van der Waals surface area contributed by atoms with Gasteiger partial charge in [-0.05, 0) is 60.0 Å². The first-order valence-corrected chi connectivity index (χ1v) is 11.3. The predicted molar refractivity (Wildman–Crippen MR) is 118 cm³/mol. The maximum absolute atomic E-state index is 12.9. The molecule has 9 heteroatoms. The molecule has 0 aliphatic heterocycles. The minimum Gasteiger partial charge on any atom is -0.393 e. The van der Waals surface area contributed by atoms with Crippen molar-refractivity contribution in [2.75, 3.05) is 0 Å². The lowest BCUT2D eigenvalue weighted by molar-refractivity contribution is -0.369. The zero-order valence-electron chi connectivity index (χ0n) is 19.7. The van der Waals surface area contributed by atoms with Gasteiger partial charge in [-0.2, -0.15) is 26.3 Å². The number of hydrogen-bond donors (Lipinski definition) is 3. The number of aliphatic hydroxyl groups is 3. The van der Waals surface area contributed by atoms with Crippen molar-refractivity contribution in [3.05, 3.63) is 48.1 Å². The SMILES string of the molecule is C=C1/C(=C\C=C\[C@@H]2CC[C@](C)(/C=C/CCC(O)(C(F)(F)F)C(F)(F)F)C2(C)C)C[C@@H](O)C[C@@H]1O. The summed E-state index contributed by atoms with van der Waals surface area (Å²) in [5.74, 6) is 0.0907. The maximum atomic E-state index is 12.9. The van der Waals surface area contributed by atoms with Gasteiger partial charge in [0.05, 0.1) is 12.2 Å². The first-order chi connectivity index (χ1) is 15.4. The molecule has 0 heterocycles. The molecule has 194 valence electrons. The summed E-state index contributed by atoms with van der Waals surface area (Å²) in [6.07, 6.45) is -4.36. The van der Waals surface area contributed by atoms with Gasteiger partial charge >= 0.3 is 12.4 Å². The van der Waals surface area contributed by atoms with Crippen LogP contribution in [0.2, 0.25) is 0 Å². The maximum Gasteiger partial charge on any atom is 0.426 e. The second kappa shape index (κ2) is 9.82. The molecule has 0 bridgehead atoms. The van der Waals surface area contributed by atoms with E-state index in [2.05, 4.69) is 6.58 Å². The van der Waals surface area contributed by atoms with Crippen molar-refractivity contribution < 1.29 is 41.7 Å². The van der Waals surface area contributed by atoms with Crippen LogP contribution in [0.4, 0.5) is 26.3 Å². The van der Waals surface area contributed by atoms with Crippen molar-refractivity contribution >= 4 is 0 Å². The highest BCUT2D eigenvalue weighted by atomic mass is 19.4. The molecule has 4 atom stereocenters. The minimum absolute atomic E-state index is 0.0907. The molecule has 0 amide bonds. The fraction of sp³-hybridized carbons (Fsp3) is 0.680. The lowest BCUT2D eigenvalue weighted by atomic mass is 9.65. The summed E-state index contributed by atoms with van der Waals surface area (Å²) in [4.78, 5) is 0. The Morgan fingerprint density at radius 1 is 1.06 bits per heavy atom. The van der Waals surface area contributed by atoms with Gasteiger partial charge in [-0.1, -0.05) is 57.7 Å². The quantitative estimate of drug-likeness (QED) is 0.304. The summed E-state index contributed by atoms with van der Waals surface area (Å²) >= 11 is 0. The standard InChI is InChI=1S/C25H34F6O3/c1-16-17(14-19(32)15-20(16)33)8-7-9-18-10-13-22(4,21(18,2)3)11-5-6-12-23(34,24(26,27)28)25(29,30)31/h5,7-9,11,18-20,32-34H,1,6,10,12-15H2,2-4H3/b9-7+,11-5+,17-8-/t18-,19-,20+,22+/m1/s1. The number of allylic oxidation sites excluding steroid dienone is 5. The molecule has 2 rings (SSSR count). The second-order valence-electron chi connectivity index (χ2n) is 10.3. The Balaban J connectivity index is 2.08. The Morgan fingerprint density at radius 2 is 1.65 bits per heavy atom. The van der Waals surface area contributed by atoms with E-state index < -0.39 is 48.4 Å². The number of aliphatic hydroxyl groups excluding tert-OH is 2. The van der Waals surface area contributed by atoms with Gasteiger partial charge in [-0.3, -0.25) is 0 Å². The van der Waals surface area contributed by atoms with Crippen molar-refractivity contribution in [2.24, 2.45) is 16.7 Å². The summed E-state index contributed by atoms with van der Waals surface area (Å²) in [6.45, 7) is 9.80. The Morgan fingerprint density at radius 3 is 2.21 bits per heavy atom. The van der Waals surface area contributed by atoms with Crippen LogP contribution in [0, 0.1) is 16.7 Å². The molecule has 3 nitrogen and oxygen atoms in total. The normalized spacial score (nSPS) is 32.4. The van der Waals surface area contributed by atoms with E-state index in [-0.39, 0.29) is 17.8 Å². The van der Waals surface area contributed by atoms with Crippen LogP contribution in [-0.4, -0.2) is 45.5 Å². The lowest BCUT2D eigenvalue weighted by Gasteiger charge is -2.39. The largest absolute Gasteiger partial charge is 0.426 e. The van der Waals surface area contributed by atoms with Gasteiger partial charge < -0.3 is 15.3 Å².